The van der Waals surface area contributed by atoms with E-state index in [-0.39, 0.29) is 0 Å². The Morgan fingerprint density at radius 3 is 2.47 bits per heavy atom. The minimum atomic E-state index is 0.325. The van der Waals surface area contributed by atoms with Crippen LogP contribution in [-0.2, 0) is 4.79 Å². The van der Waals surface area contributed by atoms with Gasteiger partial charge in [-0.2, -0.15) is 0 Å². The van der Waals surface area contributed by atoms with Crippen molar-refractivity contribution in [2.45, 2.75) is 59.4 Å². The molecule has 0 aliphatic carbocycles. The summed E-state index contributed by atoms with van der Waals surface area (Å²) in [4.78, 5) is 14.0. The number of nitrogens with zero attached hydrogens (tertiary/aromatic N) is 1. The van der Waals surface area contributed by atoms with Gasteiger partial charge < -0.3 is 4.90 Å². The van der Waals surface area contributed by atoms with Crippen LogP contribution in [0.15, 0.2) is 0 Å². The molecule has 1 unspecified atom stereocenters. The third-order valence-electron chi connectivity index (χ3n) is 3.31. The van der Waals surface area contributed by atoms with Gasteiger partial charge in [-0.25, -0.2) is 0 Å². The second kappa shape index (κ2) is 5.53. The number of carbonyl (C=O) groups is 1. The second-order valence-electron chi connectivity index (χ2n) is 5.44. The first kappa shape index (κ1) is 12.5. The van der Waals surface area contributed by atoms with Crippen LogP contribution < -0.4 is 0 Å². The maximum absolute atomic E-state index is 11.9. The average Bonchev–Trinajstić information content (AvgIpc) is 2.47. The molecule has 1 aliphatic heterocycles. The number of rotatable bonds is 5. The largest absolute Gasteiger partial charge is 0.340 e. The number of likely N-dealkylation sites (tertiary alicyclic amines) is 1. The molecule has 0 N–H and O–H groups in total. The molecule has 1 heterocycles. The van der Waals surface area contributed by atoms with Crippen molar-refractivity contribution in [3.05, 3.63) is 0 Å². The fourth-order valence-electron chi connectivity index (χ4n) is 2.32. The Morgan fingerprint density at radius 1 is 1.33 bits per heavy atom. The molecule has 1 amide bonds. The lowest BCUT2D eigenvalue weighted by Crippen LogP contribution is -2.33. The zero-order valence-electron chi connectivity index (χ0n) is 10.6. The molecule has 1 fully saturated rings. The molecule has 1 rings (SSSR count). The summed E-state index contributed by atoms with van der Waals surface area (Å²) >= 11 is 0. The molecule has 2 heteroatoms. The van der Waals surface area contributed by atoms with Crippen molar-refractivity contribution in [2.75, 3.05) is 6.54 Å². The second-order valence-corrected chi connectivity index (χ2v) is 5.44. The summed E-state index contributed by atoms with van der Waals surface area (Å²) in [5.41, 5.74) is 0. The van der Waals surface area contributed by atoms with E-state index in [4.69, 9.17) is 0 Å². The van der Waals surface area contributed by atoms with E-state index < -0.39 is 0 Å². The maximum Gasteiger partial charge on any atom is 0.225 e. The zero-order chi connectivity index (χ0) is 11.4. The van der Waals surface area contributed by atoms with Gasteiger partial charge in [0.15, 0.2) is 0 Å². The normalized spacial score (nSPS) is 22.1. The van der Waals surface area contributed by atoms with Gasteiger partial charge in [0.05, 0.1) is 0 Å². The third kappa shape index (κ3) is 3.51. The fraction of sp³-hybridized carbons (Fsp3) is 0.923. The van der Waals surface area contributed by atoms with Gasteiger partial charge in [-0.1, -0.05) is 26.7 Å². The summed E-state index contributed by atoms with van der Waals surface area (Å²) in [5.74, 6) is 1.49. The summed E-state index contributed by atoms with van der Waals surface area (Å²) in [5, 5.41) is 0. The van der Waals surface area contributed by atoms with Crippen molar-refractivity contribution in [3.63, 3.8) is 0 Å². The van der Waals surface area contributed by atoms with Crippen LogP contribution in [0.2, 0.25) is 0 Å². The Bertz CT molecular complexity index is 211. The summed E-state index contributed by atoms with van der Waals surface area (Å²) < 4.78 is 0. The molecule has 88 valence electrons. The fourth-order valence-corrected chi connectivity index (χ4v) is 2.32. The van der Waals surface area contributed by atoms with E-state index in [0.717, 1.165) is 25.3 Å². The van der Waals surface area contributed by atoms with Gasteiger partial charge in [-0.05, 0) is 32.6 Å². The van der Waals surface area contributed by atoms with Crippen LogP contribution in [0, 0.1) is 11.8 Å². The molecule has 0 bridgehead atoms. The molecular weight excluding hydrogens is 186 g/mol. The Morgan fingerprint density at radius 2 is 2.00 bits per heavy atom. The highest BCUT2D eigenvalue weighted by atomic mass is 16.2. The first-order chi connectivity index (χ1) is 7.02. The number of carbonyl (C=O) groups excluding carboxylic acids is 1. The molecule has 1 atom stereocenters. The van der Waals surface area contributed by atoms with Crippen molar-refractivity contribution < 1.29 is 4.79 Å². The highest BCUT2D eigenvalue weighted by molar-refractivity contribution is 5.81. The highest BCUT2D eigenvalue weighted by Gasteiger charge is 2.32. The molecule has 0 radical (unpaired) electrons. The van der Waals surface area contributed by atoms with Crippen molar-refractivity contribution in [3.8, 4) is 0 Å². The van der Waals surface area contributed by atoms with E-state index in [9.17, 15) is 4.79 Å². The quantitative estimate of drug-likeness (QED) is 0.684. The molecular formula is C13H25NO. The van der Waals surface area contributed by atoms with E-state index in [1.807, 2.05) is 4.90 Å². The highest BCUT2D eigenvalue weighted by Crippen LogP contribution is 2.25. The van der Waals surface area contributed by atoms with Crippen LogP contribution in [0.25, 0.3) is 0 Å². The summed E-state index contributed by atoms with van der Waals surface area (Å²) in [6.45, 7) is 9.68. The van der Waals surface area contributed by atoms with Crippen LogP contribution in [0.1, 0.15) is 53.4 Å². The van der Waals surface area contributed by atoms with Gasteiger partial charge in [0.25, 0.3) is 0 Å². The molecule has 0 spiro atoms. The van der Waals surface area contributed by atoms with E-state index in [0.29, 0.717) is 17.9 Å². The summed E-state index contributed by atoms with van der Waals surface area (Å²) in [6, 6.07) is 0.382. The Hall–Kier alpha value is -0.530. The molecule has 0 aromatic heterocycles. The Balaban J connectivity index is 2.30. The molecule has 2 nitrogen and oxygen atoms in total. The monoisotopic (exact) mass is 211 g/mol. The van der Waals surface area contributed by atoms with E-state index in [1.54, 1.807) is 0 Å². The number of hydrogen-bond donors (Lipinski definition) is 0. The van der Waals surface area contributed by atoms with E-state index in [2.05, 4.69) is 27.7 Å². The lowest BCUT2D eigenvalue weighted by atomic mass is 9.97. The number of amides is 1. The van der Waals surface area contributed by atoms with Crippen molar-refractivity contribution in [1.29, 1.82) is 0 Å². The Labute approximate surface area is 94.0 Å². The smallest absolute Gasteiger partial charge is 0.225 e. The maximum atomic E-state index is 11.9. The zero-order valence-corrected chi connectivity index (χ0v) is 10.6. The molecule has 1 aliphatic rings. The molecule has 1 saturated heterocycles. The lowest BCUT2D eigenvalue weighted by Gasteiger charge is -2.21. The standard InChI is InChI=1S/C13H25NO/c1-10(2)6-5-7-12-8-9-14(11(3)4)13(12)15/h10-12H,5-9H2,1-4H3. The van der Waals surface area contributed by atoms with Crippen molar-refractivity contribution in [1.82, 2.24) is 4.90 Å². The predicted molar refractivity (Wildman–Crippen MR) is 63.6 cm³/mol. The minimum absolute atomic E-state index is 0.325. The molecule has 15 heavy (non-hydrogen) atoms. The first-order valence-corrected chi connectivity index (χ1v) is 6.32. The summed E-state index contributed by atoms with van der Waals surface area (Å²) in [6.07, 6.45) is 4.64. The topological polar surface area (TPSA) is 20.3 Å². The van der Waals surface area contributed by atoms with E-state index >= 15 is 0 Å². The summed E-state index contributed by atoms with van der Waals surface area (Å²) in [7, 11) is 0. The van der Waals surface area contributed by atoms with Crippen LogP contribution in [0.5, 0.6) is 0 Å². The molecule has 0 aromatic rings. The van der Waals surface area contributed by atoms with Gasteiger partial charge in [0, 0.05) is 18.5 Å². The average molecular weight is 211 g/mol. The lowest BCUT2D eigenvalue weighted by molar-refractivity contribution is -0.132. The van der Waals surface area contributed by atoms with E-state index in [1.165, 1.54) is 12.8 Å². The van der Waals surface area contributed by atoms with Gasteiger partial charge in [0.2, 0.25) is 5.91 Å². The number of hydrogen-bond acceptors (Lipinski definition) is 1. The van der Waals surface area contributed by atoms with Gasteiger partial charge in [0.1, 0.15) is 0 Å². The van der Waals surface area contributed by atoms with Crippen LogP contribution in [0.3, 0.4) is 0 Å². The van der Waals surface area contributed by atoms with Crippen LogP contribution in [-0.4, -0.2) is 23.4 Å². The minimum Gasteiger partial charge on any atom is -0.340 e. The van der Waals surface area contributed by atoms with Crippen LogP contribution >= 0.6 is 0 Å². The van der Waals surface area contributed by atoms with Gasteiger partial charge in [-0.15, -0.1) is 0 Å². The Kier molecular flexibility index (Phi) is 4.62. The van der Waals surface area contributed by atoms with Crippen molar-refractivity contribution in [2.24, 2.45) is 11.8 Å². The van der Waals surface area contributed by atoms with Gasteiger partial charge in [-0.3, -0.25) is 4.79 Å². The van der Waals surface area contributed by atoms with Crippen LogP contribution in [0.4, 0.5) is 0 Å². The third-order valence-corrected chi connectivity index (χ3v) is 3.31. The van der Waals surface area contributed by atoms with Crippen molar-refractivity contribution >= 4 is 5.91 Å². The molecule has 0 aromatic carbocycles. The van der Waals surface area contributed by atoms with Gasteiger partial charge >= 0.3 is 0 Å². The first-order valence-electron chi connectivity index (χ1n) is 6.32. The SMILES string of the molecule is CC(C)CCCC1CCN(C(C)C)C1=O. The molecule has 0 saturated carbocycles. The predicted octanol–water partition coefficient (Wildman–Crippen LogP) is 3.07.